The van der Waals surface area contributed by atoms with Crippen LogP contribution in [0.25, 0.3) is 10.2 Å². The molecule has 2 aromatic heterocycles. The predicted octanol–water partition coefficient (Wildman–Crippen LogP) is 4.21. The summed E-state index contributed by atoms with van der Waals surface area (Å²) in [6, 6.07) is 5.56. The van der Waals surface area contributed by atoms with Gasteiger partial charge in [-0.3, -0.25) is 0 Å². The summed E-state index contributed by atoms with van der Waals surface area (Å²) < 4.78 is 12.5. The van der Waals surface area contributed by atoms with Crippen molar-refractivity contribution < 1.29 is 9.47 Å². The molecule has 0 bridgehead atoms. The normalized spacial score (nSPS) is 10.6. The number of hydrogen-bond acceptors (Lipinski definition) is 6. The first kappa shape index (κ1) is 14.1. The van der Waals surface area contributed by atoms with E-state index in [1.54, 1.807) is 31.8 Å². The van der Waals surface area contributed by atoms with E-state index < -0.39 is 0 Å². The Hall–Kier alpha value is -1.86. The number of hydrogen-bond donors (Lipinski definition) is 1. The van der Waals surface area contributed by atoms with Gasteiger partial charge >= 0.3 is 0 Å². The van der Waals surface area contributed by atoms with Crippen LogP contribution in [0.4, 0.5) is 11.6 Å². The highest BCUT2D eigenvalue weighted by Crippen LogP contribution is 2.32. The van der Waals surface area contributed by atoms with E-state index in [2.05, 4.69) is 31.2 Å². The summed E-state index contributed by atoms with van der Waals surface area (Å²) in [5, 5.41) is 5.16. The fourth-order valence-electron chi connectivity index (χ4n) is 1.90. The number of aromatic nitrogens is 2. The molecule has 0 saturated carbocycles. The average molecular weight is 366 g/mol. The number of thiophene rings is 1. The molecule has 0 aliphatic rings. The number of anilines is 2. The lowest BCUT2D eigenvalue weighted by atomic mass is 10.3. The number of methoxy groups -OCH3 is 2. The minimum Gasteiger partial charge on any atom is -0.493 e. The summed E-state index contributed by atoms with van der Waals surface area (Å²) in [5.41, 5.74) is 1.73. The van der Waals surface area contributed by atoms with E-state index in [4.69, 9.17) is 9.47 Å². The first-order valence-corrected chi connectivity index (χ1v) is 7.77. The van der Waals surface area contributed by atoms with Gasteiger partial charge in [-0.25, -0.2) is 9.97 Å². The molecule has 0 fully saturated rings. The van der Waals surface area contributed by atoms with Crippen LogP contribution in [0.3, 0.4) is 0 Å². The van der Waals surface area contributed by atoms with E-state index in [1.807, 2.05) is 23.6 Å². The molecule has 108 valence electrons. The maximum absolute atomic E-state index is 5.28. The van der Waals surface area contributed by atoms with Gasteiger partial charge in [-0.15, -0.1) is 11.3 Å². The standard InChI is InChI=1S/C14H12BrN3O2S/c1-19-10-4-3-8(5-11(10)20-2)17-14-16-6-12-13(18-14)9(15)7-21-12/h3-7H,1-2H3,(H,16,17,18). The molecule has 1 aromatic carbocycles. The molecule has 0 amide bonds. The predicted molar refractivity (Wildman–Crippen MR) is 87.9 cm³/mol. The van der Waals surface area contributed by atoms with E-state index >= 15 is 0 Å². The van der Waals surface area contributed by atoms with Crippen LogP contribution in [0.2, 0.25) is 0 Å². The lowest BCUT2D eigenvalue weighted by molar-refractivity contribution is 0.355. The van der Waals surface area contributed by atoms with Crippen molar-refractivity contribution in [3.05, 3.63) is 34.2 Å². The fraction of sp³-hybridized carbons (Fsp3) is 0.143. The van der Waals surface area contributed by atoms with Crippen molar-refractivity contribution in [1.29, 1.82) is 0 Å². The Morgan fingerprint density at radius 2 is 2.00 bits per heavy atom. The molecule has 21 heavy (non-hydrogen) atoms. The monoisotopic (exact) mass is 365 g/mol. The van der Waals surface area contributed by atoms with Crippen LogP contribution in [0.1, 0.15) is 0 Å². The van der Waals surface area contributed by atoms with Crippen molar-refractivity contribution in [1.82, 2.24) is 9.97 Å². The highest BCUT2D eigenvalue weighted by molar-refractivity contribution is 9.10. The highest BCUT2D eigenvalue weighted by Gasteiger charge is 2.08. The van der Waals surface area contributed by atoms with Gasteiger partial charge in [0.25, 0.3) is 0 Å². The summed E-state index contributed by atoms with van der Waals surface area (Å²) in [5.74, 6) is 1.87. The van der Waals surface area contributed by atoms with E-state index in [9.17, 15) is 0 Å². The van der Waals surface area contributed by atoms with Crippen LogP contribution in [0.5, 0.6) is 11.5 Å². The van der Waals surface area contributed by atoms with Gasteiger partial charge in [0.05, 0.1) is 29.6 Å². The van der Waals surface area contributed by atoms with Gasteiger partial charge in [0.1, 0.15) is 5.52 Å². The van der Waals surface area contributed by atoms with Crippen molar-refractivity contribution in [3.63, 3.8) is 0 Å². The van der Waals surface area contributed by atoms with Gasteiger partial charge in [0.2, 0.25) is 5.95 Å². The molecule has 0 atom stereocenters. The molecule has 0 unspecified atom stereocenters. The first-order chi connectivity index (χ1) is 10.2. The second-order valence-corrected chi connectivity index (χ2v) is 5.95. The third-order valence-corrected chi connectivity index (χ3v) is 4.72. The molecule has 2 heterocycles. The molecular formula is C14H12BrN3O2S. The molecule has 1 N–H and O–H groups in total. The van der Waals surface area contributed by atoms with Crippen molar-refractivity contribution in [2.24, 2.45) is 0 Å². The second-order valence-electron chi connectivity index (χ2n) is 4.18. The zero-order valence-electron chi connectivity index (χ0n) is 11.4. The number of benzene rings is 1. The lowest BCUT2D eigenvalue weighted by Gasteiger charge is -2.10. The number of rotatable bonds is 4. The highest BCUT2D eigenvalue weighted by atomic mass is 79.9. The van der Waals surface area contributed by atoms with E-state index in [0.717, 1.165) is 20.4 Å². The molecule has 0 radical (unpaired) electrons. The largest absolute Gasteiger partial charge is 0.493 e. The van der Waals surface area contributed by atoms with Crippen molar-refractivity contribution >= 4 is 49.1 Å². The molecule has 7 heteroatoms. The van der Waals surface area contributed by atoms with E-state index in [1.165, 1.54) is 0 Å². The fourth-order valence-corrected chi connectivity index (χ4v) is 3.34. The summed E-state index contributed by atoms with van der Waals surface area (Å²) in [4.78, 5) is 8.81. The van der Waals surface area contributed by atoms with Gasteiger partial charge < -0.3 is 14.8 Å². The summed E-state index contributed by atoms with van der Waals surface area (Å²) in [7, 11) is 3.21. The molecule has 0 spiro atoms. The Morgan fingerprint density at radius 1 is 1.19 bits per heavy atom. The Morgan fingerprint density at radius 3 is 2.76 bits per heavy atom. The first-order valence-electron chi connectivity index (χ1n) is 6.10. The molecule has 0 aliphatic carbocycles. The van der Waals surface area contributed by atoms with Gasteiger partial charge in [-0.05, 0) is 28.1 Å². The van der Waals surface area contributed by atoms with Gasteiger partial charge in [0.15, 0.2) is 11.5 Å². The zero-order valence-corrected chi connectivity index (χ0v) is 13.8. The van der Waals surface area contributed by atoms with Crippen molar-refractivity contribution in [3.8, 4) is 11.5 Å². The number of nitrogens with one attached hydrogen (secondary N) is 1. The smallest absolute Gasteiger partial charge is 0.227 e. The van der Waals surface area contributed by atoms with Gasteiger partial charge in [-0.1, -0.05) is 0 Å². The van der Waals surface area contributed by atoms with Crippen LogP contribution in [-0.4, -0.2) is 24.2 Å². The number of nitrogens with zero attached hydrogens (tertiary/aromatic N) is 2. The molecule has 0 aliphatic heterocycles. The van der Waals surface area contributed by atoms with Crippen LogP contribution in [-0.2, 0) is 0 Å². The third-order valence-electron chi connectivity index (χ3n) is 2.91. The van der Waals surface area contributed by atoms with Gasteiger partial charge in [-0.2, -0.15) is 0 Å². The Kier molecular flexibility index (Phi) is 3.94. The van der Waals surface area contributed by atoms with Crippen LogP contribution in [0, 0.1) is 0 Å². The van der Waals surface area contributed by atoms with Gasteiger partial charge in [0, 0.05) is 17.1 Å². The lowest BCUT2D eigenvalue weighted by Crippen LogP contribution is -1.98. The molecule has 3 aromatic rings. The quantitative estimate of drug-likeness (QED) is 0.750. The third kappa shape index (κ3) is 2.79. The minimum absolute atomic E-state index is 0.536. The molecule has 0 saturated heterocycles. The summed E-state index contributed by atoms with van der Waals surface area (Å²) in [6.45, 7) is 0. The van der Waals surface area contributed by atoms with Crippen molar-refractivity contribution in [2.75, 3.05) is 19.5 Å². The van der Waals surface area contributed by atoms with Crippen molar-refractivity contribution in [2.45, 2.75) is 0 Å². The van der Waals surface area contributed by atoms with E-state index in [-0.39, 0.29) is 0 Å². The summed E-state index contributed by atoms with van der Waals surface area (Å²) in [6.07, 6.45) is 1.81. The average Bonchev–Trinajstić information content (AvgIpc) is 2.88. The molecule has 5 nitrogen and oxygen atoms in total. The topological polar surface area (TPSA) is 56.3 Å². The minimum atomic E-state index is 0.536. The number of fused-ring (bicyclic) bond motifs is 1. The zero-order chi connectivity index (χ0) is 14.8. The second kappa shape index (κ2) is 5.87. The Bertz CT molecular complexity index is 791. The molecule has 3 rings (SSSR count). The van der Waals surface area contributed by atoms with E-state index in [0.29, 0.717) is 17.4 Å². The number of halogens is 1. The van der Waals surface area contributed by atoms with Crippen LogP contribution in [0.15, 0.2) is 34.2 Å². The maximum Gasteiger partial charge on any atom is 0.227 e. The molecular weight excluding hydrogens is 354 g/mol. The Labute approximate surface area is 134 Å². The van der Waals surface area contributed by atoms with Crippen LogP contribution >= 0.6 is 27.3 Å². The Balaban J connectivity index is 1.92. The summed E-state index contributed by atoms with van der Waals surface area (Å²) >= 11 is 5.09. The maximum atomic E-state index is 5.28. The SMILES string of the molecule is COc1ccc(Nc2ncc3scc(Br)c3n2)cc1OC. The number of ether oxygens (including phenoxy) is 2. The van der Waals surface area contributed by atoms with Crippen LogP contribution < -0.4 is 14.8 Å².